The number of benzene rings is 1. The summed E-state index contributed by atoms with van der Waals surface area (Å²) in [7, 11) is 1.67. The Bertz CT molecular complexity index is 565. The number of methoxy groups -OCH3 is 1. The quantitative estimate of drug-likeness (QED) is 0.855. The van der Waals surface area contributed by atoms with Crippen molar-refractivity contribution in [3.8, 4) is 11.5 Å². The van der Waals surface area contributed by atoms with Crippen molar-refractivity contribution in [2.45, 2.75) is 38.3 Å². The Morgan fingerprint density at radius 2 is 2.14 bits per heavy atom. The summed E-state index contributed by atoms with van der Waals surface area (Å²) in [6, 6.07) is 6.01. The minimum absolute atomic E-state index is 0.318. The first-order valence-electron chi connectivity index (χ1n) is 7.28. The van der Waals surface area contributed by atoms with Gasteiger partial charge in [-0.1, -0.05) is 11.3 Å². The summed E-state index contributed by atoms with van der Waals surface area (Å²) in [6.07, 6.45) is 6.73. The third-order valence-corrected chi connectivity index (χ3v) is 3.72. The smallest absolute Gasteiger partial charge is 0.161 e. The van der Waals surface area contributed by atoms with Crippen LogP contribution < -0.4 is 14.8 Å². The summed E-state index contributed by atoms with van der Waals surface area (Å²) in [4.78, 5) is 0. The van der Waals surface area contributed by atoms with Gasteiger partial charge in [0.05, 0.1) is 19.4 Å². The first-order valence-corrected chi connectivity index (χ1v) is 7.28. The van der Waals surface area contributed by atoms with Gasteiger partial charge in [-0.15, -0.1) is 5.10 Å². The number of aromatic nitrogens is 3. The predicted molar refractivity (Wildman–Crippen MR) is 79.6 cm³/mol. The Kier molecular flexibility index (Phi) is 4.23. The van der Waals surface area contributed by atoms with Crippen molar-refractivity contribution in [3.63, 3.8) is 0 Å². The Balaban J connectivity index is 1.69. The summed E-state index contributed by atoms with van der Waals surface area (Å²) < 4.78 is 11.5. The van der Waals surface area contributed by atoms with E-state index in [1.165, 1.54) is 12.8 Å². The molecular weight excluding hydrogens is 268 g/mol. The molecule has 1 aromatic carbocycles. The molecule has 1 aromatic heterocycles. The van der Waals surface area contributed by atoms with Crippen LogP contribution in [0.3, 0.4) is 0 Å². The van der Waals surface area contributed by atoms with Crippen LogP contribution in [-0.4, -0.2) is 28.6 Å². The normalized spacial score (nSPS) is 15.1. The monoisotopic (exact) mass is 288 g/mol. The fourth-order valence-corrected chi connectivity index (χ4v) is 2.59. The highest BCUT2D eigenvalue weighted by Gasteiger charge is 2.18. The van der Waals surface area contributed by atoms with Crippen LogP contribution in [0, 0.1) is 0 Å². The number of rotatable bonds is 6. The number of ether oxygens (including phenoxy) is 2. The van der Waals surface area contributed by atoms with Gasteiger partial charge in [-0.3, -0.25) is 0 Å². The summed E-state index contributed by atoms with van der Waals surface area (Å²) >= 11 is 0. The van der Waals surface area contributed by atoms with Gasteiger partial charge in [0.15, 0.2) is 11.5 Å². The summed E-state index contributed by atoms with van der Waals surface area (Å²) in [6.45, 7) is 0.675. The van der Waals surface area contributed by atoms with Crippen LogP contribution in [-0.2, 0) is 6.54 Å². The van der Waals surface area contributed by atoms with Gasteiger partial charge in [-0.2, -0.15) is 0 Å². The molecule has 0 saturated heterocycles. The van der Waals surface area contributed by atoms with E-state index < -0.39 is 0 Å². The molecule has 0 radical (unpaired) electrons. The van der Waals surface area contributed by atoms with Crippen molar-refractivity contribution in [2.24, 2.45) is 0 Å². The fourth-order valence-electron chi connectivity index (χ4n) is 2.59. The third kappa shape index (κ3) is 3.45. The van der Waals surface area contributed by atoms with Crippen molar-refractivity contribution in [1.82, 2.24) is 15.4 Å². The zero-order valence-corrected chi connectivity index (χ0v) is 12.1. The summed E-state index contributed by atoms with van der Waals surface area (Å²) in [5.41, 5.74) is 1.12. The summed E-state index contributed by atoms with van der Waals surface area (Å²) in [5, 5.41) is 13.4. The highest BCUT2D eigenvalue weighted by Crippen LogP contribution is 2.32. The van der Waals surface area contributed by atoms with Gasteiger partial charge in [-0.25, -0.2) is 5.10 Å². The van der Waals surface area contributed by atoms with Crippen LogP contribution in [0.5, 0.6) is 11.5 Å². The number of hydrogen-bond acceptors (Lipinski definition) is 5. The van der Waals surface area contributed by atoms with Crippen molar-refractivity contribution in [1.29, 1.82) is 0 Å². The lowest BCUT2D eigenvalue weighted by Gasteiger charge is -2.17. The average Bonchev–Trinajstić information content (AvgIpc) is 3.18. The van der Waals surface area contributed by atoms with Gasteiger partial charge >= 0.3 is 0 Å². The van der Waals surface area contributed by atoms with Crippen molar-refractivity contribution in [3.05, 3.63) is 30.0 Å². The molecule has 1 saturated carbocycles. The Morgan fingerprint density at radius 3 is 2.86 bits per heavy atom. The van der Waals surface area contributed by atoms with E-state index in [4.69, 9.17) is 9.47 Å². The van der Waals surface area contributed by atoms with Crippen LogP contribution in [0.25, 0.3) is 0 Å². The van der Waals surface area contributed by atoms with E-state index >= 15 is 0 Å². The Labute approximate surface area is 123 Å². The zero-order valence-electron chi connectivity index (χ0n) is 12.1. The van der Waals surface area contributed by atoms with E-state index in [-0.39, 0.29) is 0 Å². The lowest BCUT2D eigenvalue weighted by atomic mass is 10.2. The van der Waals surface area contributed by atoms with Crippen molar-refractivity contribution >= 4 is 5.82 Å². The van der Waals surface area contributed by atoms with Gasteiger partial charge in [0.2, 0.25) is 0 Å². The van der Waals surface area contributed by atoms with Crippen molar-refractivity contribution < 1.29 is 9.47 Å². The molecule has 112 valence electrons. The Hall–Kier alpha value is -2.24. The van der Waals surface area contributed by atoms with Gasteiger partial charge in [0.25, 0.3) is 0 Å². The van der Waals surface area contributed by atoms with Crippen LogP contribution in [0.1, 0.15) is 31.2 Å². The molecule has 0 amide bonds. The van der Waals surface area contributed by atoms with E-state index in [0.717, 1.165) is 35.7 Å². The molecule has 0 spiro atoms. The second-order valence-corrected chi connectivity index (χ2v) is 5.23. The maximum atomic E-state index is 6.09. The number of anilines is 1. The topological polar surface area (TPSA) is 72.1 Å². The molecule has 1 fully saturated rings. The highest BCUT2D eigenvalue weighted by atomic mass is 16.5. The van der Waals surface area contributed by atoms with E-state index in [9.17, 15) is 0 Å². The Morgan fingerprint density at radius 1 is 1.29 bits per heavy atom. The number of nitrogens with one attached hydrogen (secondary N) is 2. The number of hydrogen-bond donors (Lipinski definition) is 2. The molecule has 6 nitrogen and oxygen atoms in total. The van der Waals surface area contributed by atoms with Crippen LogP contribution >= 0.6 is 0 Å². The first-order chi connectivity index (χ1) is 10.3. The van der Waals surface area contributed by atoms with E-state index in [1.807, 2.05) is 18.2 Å². The second kappa shape index (κ2) is 6.47. The molecule has 6 heteroatoms. The van der Waals surface area contributed by atoms with E-state index in [1.54, 1.807) is 13.3 Å². The van der Waals surface area contributed by atoms with E-state index in [0.29, 0.717) is 12.6 Å². The predicted octanol–water partition coefficient (Wildman–Crippen LogP) is 2.75. The molecule has 0 bridgehead atoms. The largest absolute Gasteiger partial charge is 0.493 e. The standard InChI is InChI=1S/C15H20N4O2/c1-20-13-7-6-11(9-16-15-10-17-19-18-15)8-14(13)21-12-4-2-3-5-12/h6-8,10,12H,2-5,9H2,1H3,(H2,16,17,18,19). The fraction of sp³-hybridized carbons (Fsp3) is 0.467. The first kappa shape index (κ1) is 13.7. The van der Waals surface area contributed by atoms with Crippen LogP contribution in [0.15, 0.2) is 24.4 Å². The van der Waals surface area contributed by atoms with Crippen LogP contribution in [0.2, 0.25) is 0 Å². The third-order valence-electron chi connectivity index (χ3n) is 3.72. The number of H-pyrrole nitrogens is 1. The molecule has 2 aromatic rings. The maximum Gasteiger partial charge on any atom is 0.161 e. The lowest BCUT2D eigenvalue weighted by Crippen LogP contribution is -2.12. The van der Waals surface area contributed by atoms with Crippen molar-refractivity contribution in [2.75, 3.05) is 12.4 Å². The minimum Gasteiger partial charge on any atom is -0.493 e. The SMILES string of the molecule is COc1ccc(CNc2cnn[nH]2)cc1OC1CCCC1. The summed E-state index contributed by atoms with van der Waals surface area (Å²) in [5.74, 6) is 2.41. The molecule has 0 unspecified atom stereocenters. The zero-order chi connectivity index (χ0) is 14.5. The van der Waals surface area contributed by atoms with E-state index in [2.05, 4.69) is 20.7 Å². The van der Waals surface area contributed by atoms with Gasteiger partial charge in [0.1, 0.15) is 5.82 Å². The molecule has 21 heavy (non-hydrogen) atoms. The molecule has 1 aliphatic carbocycles. The van der Waals surface area contributed by atoms with Gasteiger partial charge in [-0.05, 0) is 43.4 Å². The molecule has 2 N–H and O–H groups in total. The average molecular weight is 288 g/mol. The van der Waals surface area contributed by atoms with Gasteiger partial charge in [0, 0.05) is 6.54 Å². The molecule has 0 atom stereocenters. The van der Waals surface area contributed by atoms with Gasteiger partial charge < -0.3 is 14.8 Å². The molecule has 0 aliphatic heterocycles. The molecule has 3 rings (SSSR count). The number of nitrogens with zero attached hydrogens (tertiary/aromatic N) is 2. The molecule has 1 aliphatic rings. The molecular formula is C15H20N4O2. The highest BCUT2D eigenvalue weighted by molar-refractivity contribution is 5.44. The molecule has 1 heterocycles. The van der Waals surface area contributed by atoms with Crippen LogP contribution in [0.4, 0.5) is 5.82 Å². The number of aromatic amines is 1. The maximum absolute atomic E-state index is 6.09. The second-order valence-electron chi connectivity index (χ2n) is 5.23. The minimum atomic E-state index is 0.318. The lowest BCUT2D eigenvalue weighted by molar-refractivity contribution is 0.200.